The second kappa shape index (κ2) is 8.09. The van der Waals surface area contributed by atoms with Gasteiger partial charge < -0.3 is 10.1 Å². The van der Waals surface area contributed by atoms with Gasteiger partial charge in [-0.15, -0.1) is 0 Å². The van der Waals surface area contributed by atoms with Crippen LogP contribution < -0.4 is 5.32 Å². The average molecular weight is 365 g/mol. The second-order valence-corrected chi connectivity index (χ2v) is 7.15. The van der Waals surface area contributed by atoms with E-state index in [9.17, 15) is 18.0 Å². The summed E-state index contributed by atoms with van der Waals surface area (Å²) in [7, 11) is -3.10. The molecule has 0 aliphatic carbocycles. The SMILES string of the molecule is COC(=O)[C@H](CCS(=O)(=O)O)NC(=O)Cc1ccc2ccccc2c1. The Labute approximate surface area is 145 Å². The summed E-state index contributed by atoms with van der Waals surface area (Å²) in [6.45, 7) is 0. The van der Waals surface area contributed by atoms with Gasteiger partial charge >= 0.3 is 5.97 Å². The monoisotopic (exact) mass is 365 g/mol. The minimum absolute atomic E-state index is 0.0319. The molecule has 1 atom stereocenters. The Morgan fingerprint density at radius 3 is 2.48 bits per heavy atom. The van der Waals surface area contributed by atoms with E-state index in [1.165, 1.54) is 0 Å². The third-order valence-corrected chi connectivity index (χ3v) is 4.42. The van der Waals surface area contributed by atoms with Crippen LogP contribution in [0.15, 0.2) is 42.5 Å². The highest BCUT2D eigenvalue weighted by molar-refractivity contribution is 7.85. The molecular weight excluding hydrogens is 346 g/mol. The molecule has 0 spiro atoms. The molecule has 0 bridgehead atoms. The van der Waals surface area contributed by atoms with Crippen molar-refractivity contribution in [2.24, 2.45) is 0 Å². The minimum atomic E-state index is -4.24. The van der Waals surface area contributed by atoms with Crippen LogP contribution in [0.1, 0.15) is 12.0 Å². The van der Waals surface area contributed by atoms with E-state index in [4.69, 9.17) is 4.55 Å². The van der Waals surface area contributed by atoms with Gasteiger partial charge in [-0.25, -0.2) is 4.79 Å². The summed E-state index contributed by atoms with van der Waals surface area (Å²) in [6, 6.07) is 12.2. The Morgan fingerprint density at radius 2 is 1.84 bits per heavy atom. The molecule has 1 amide bonds. The molecule has 2 N–H and O–H groups in total. The number of rotatable bonds is 7. The van der Waals surface area contributed by atoms with Gasteiger partial charge in [0.05, 0.1) is 19.3 Å². The fraction of sp³-hybridized carbons (Fsp3) is 0.294. The van der Waals surface area contributed by atoms with Crippen LogP contribution in [-0.2, 0) is 30.9 Å². The van der Waals surface area contributed by atoms with Crippen LogP contribution in [-0.4, -0.2) is 43.8 Å². The number of carbonyl (C=O) groups excluding carboxylic acids is 2. The Hall–Kier alpha value is -2.45. The summed E-state index contributed by atoms with van der Waals surface area (Å²) in [4.78, 5) is 23.9. The first-order chi connectivity index (χ1) is 11.8. The van der Waals surface area contributed by atoms with Crippen molar-refractivity contribution in [3.63, 3.8) is 0 Å². The minimum Gasteiger partial charge on any atom is -0.467 e. The summed E-state index contributed by atoms with van der Waals surface area (Å²) >= 11 is 0. The number of carbonyl (C=O) groups is 2. The van der Waals surface area contributed by atoms with E-state index in [-0.39, 0.29) is 12.8 Å². The predicted octanol–water partition coefficient (Wildman–Crippen LogP) is 1.32. The van der Waals surface area contributed by atoms with Gasteiger partial charge in [-0.2, -0.15) is 8.42 Å². The molecule has 0 aliphatic heterocycles. The number of nitrogens with one attached hydrogen (secondary N) is 1. The van der Waals surface area contributed by atoms with Gasteiger partial charge in [0.2, 0.25) is 5.91 Å². The Bertz CT molecular complexity index is 878. The molecule has 2 aromatic rings. The van der Waals surface area contributed by atoms with Crippen molar-refractivity contribution in [2.45, 2.75) is 18.9 Å². The first-order valence-electron chi connectivity index (χ1n) is 7.58. The molecule has 25 heavy (non-hydrogen) atoms. The molecule has 0 saturated carbocycles. The van der Waals surface area contributed by atoms with Crippen LogP contribution in [0.2, 0.25) is 0 Å². The summed E-state index contributed by atoms with van der Waals surface area (Å²) in [5.41, 5.74) is 0.759. The quantitative estimate of drug-likeness (QED) is 0.566. The van der Waals surface area contributed by atoms with Crippen molar-refractivity contribution in [1.29, 1.82) is 0 Å². The molecule has 0 fully saturated rings. The van der Waals surface area contributed by atoms with Gasteiger partial charge in [0.1, 0.15) is 6.04 Å². The van der Waals surface area contributed by atoms with Gasteiger partial charge in [-0.05, 0) is 22.8 Å². The van der Waals surface area contributed by atoms with Crippen molar-refractivity contribution >= 4 is 32.8 Å². The number of methoxy groups -OCH3 is 1. The first kappa shape index (κ1) is 18.9. The molecule has 134 valence electrons. The zero-order chi connectivity index (χ0) is 18.4. The number of benzene rings is 2. The fourth-order valence-electron chi connectivity index (χ4n) is 2.44. The van der Waals surface area contributed by atoms with Gasteiger partial charge in [0, 0.05) is 0 Å². The molecular formula is C17H19NO6S. The smallest absolute Gasteiger partial charge is 0.328 e. The van der Waals surface area contributed by atoms with Crippen molar-refractivity contribution in [3.8, 4) is 0 Å². The standard InChI is InChI=1S/C17H19NO6S/c1-24-17(20)15(8-9-25(21,22)23)18-16(19)11-12-6-7-13-4-2-3-5-14(13)10-12/h2-7,10,15H,8-9,11H2,1H3,(H,18,19)(H,21,22,23)/t15-/m0/s1. The predicted molar refractivity (Wildman–Crippen MR) is 92.6 cm³/mol. The average Bonchev–Trinajstić information content (AvgIpc) is 2.57. The van der Waals surface area contributed by atoms with E-state index in [1.807, 2.05) is 42.5 Å². The molecule has 0 aliphatic rings. The Balaban J connectivity index is 2.04. The van der Waals surface area contributed by atoms with Crippen LogP contribution in [0.25, 0.3) is 10.8 Å². The Morgan fingerprint density at radius 1 is 1.16 bits per heavy atom. The highest BCUT2D eigenvalue weighted by Crippen LogP contribution is 2.16. The highest BCUT2D eigenvalue weighted by atomic mass is 32.2. The number of ether oxygens (including phenoxy) is 1. The molecule has 2 rings (SSSR count). The van der Waals surface area contributed by atoms with Gasteiger partial charge in [0.15, 0.2) is 0 Å². The summed E-state index contributed by atoms with van der Waals surface area (Å²) in [6.07, 6.45) is -0.237. The van der Waals surface area contributed by atoms with E-state index >= 15 is 0 Å². The van der Waals surface area contributed by atoms with E-state index < -0.39 is 33.8 Å². The lowest BCUT2D eigenvalue weighted by molar-refractivity contribution is -0.145. The van der Waals surface area contributed by atoms with Crippen LogP contribution in [0.3, 0.4) is 0 Å². The maximum absolute atomic E-state index is 12.2. The second-order valence-electron chi connectivity index (χ2n) is 5.58. The number of esters is 1. The van der Waals surface area contributed by atoms with Crippen molar-refractivity contribution in [2.75, 3.05) is 12.9 Å². The topological polar surface area (TPSA) is 110 Å². The third-order valence-electron chi connectivity index (χ3n) is 3.66. The molecule has 8 heteroatoms. The normalized spacial score (nSPS) is 12.6. The lowest BCUT2D eigenvalue weighted by atomic mass is 10.0. The third kappa shape index (κ3) is 5.84. The van der Waals surface area contributed by atoms with Gasteiger partial charge in [0.25, 0.3) is 10.1 Å². The van der Waals surface area contributed by atoms with Crippen LogP contribution in [0, 0.1) is 0 Å². The van der Waals surface area contributed by atoms with Crippen molar-refractivity contribution in [3.05, 3.63) is 48.0 Å². The lowest BCUT2D eigenvalue weighted by Gasteiger charge is -2.16. The van der Waals surface area contributed by atoms with E-state index in [0.717, 1.165) is 23.4 Å². The zero-order valence-corrected chi connectivity index (χ0v) is 14.5. The van der Waals surface area contributed by atoms with Crippen molar-refractivity contribution in [1.82, 2.24) is 5.32 Å². The van der Waals surface area contributed by atoms with Gasteiger partial charge in [-0.1, -0.05) is 42.5 Å². The van der Waals surface area contributed by atoms with Crippen LogP contribution in [0.4, 0.5) is 0 Å². The number of fused-ring (bicyclic) bond motifs is 1. The molecule has 0 unspecified atom stereocenters. The van der Waals surface area contributed by atoms with E-state index in [1.54, 1.807) is 0 Å². The molecule has 2 aromatic carbocycles. The maximum Gasteiger partial charge on any atom is 0.328 e. The molecule has 0 radical (unpaired) electrons. The van der Waals surface area contributed by atoms with E-state index in [2.05, 4.69) is 10.1 Å². The molecule has 7 nitrogen and oxygen atoms in total. The first-order valence-corrected chi connectivity index (χ1v) is 9.19. The van der Waals surface area contributed by atoms with Gasteiger partial charge in [-0.3, -0.25) is 9.35 Å². The molecule has 0 heterocycles. The summed E-state index contributed by atoms with van der Waals surface area (Å²) in [5, 5.41) is 4.49. The van der Waals surface area contributed by atoms with Crippen LogP contribution in [0.5, 0.6) is 0 Å². The number of hydrogen-bond acceptors (Lipinski definition) is 5. The fourth-order valence-corrected chi connectivity index (χ4v) is 2.97. The Kier molecular flexibility index (Phi) is 6.11. The molecule has 0 aromatic heterocycles. The maximum atomic E-state index is 12.2. The largest absolute Gasteiger partial charge is 0.467 e. The lowest BCUT2D eigenvalue weighted by Crippen LogP contribution is -2.43. The zero-order valence-electron chi connectivity index (χ0n) is 13.6. The number of amides is 1. The number of hydrogen-bond donors (Lipinski definition) is 2. The van der Waals surface area contributed by atoms with Crippen molar-refractivity contribution < 1.29 is 27.3 Å². The van der Waals surface area contributed by atoms with Crippen LogP contribution >= 0.6 is 0 Å². The van der Waals surface area contributed by atoms with E-state index in [0.29, 0.717) is 0 Å². The highest BCUT2D eigenvalue weighted by Gasteiger charge is 2.23. The summed E-state index contributed by atoms with van der Waals surface area (Å²) in [5.74, 6) is -1.86. The summed E-state index contributed by atoms with van der Waals surface area (Å²) < 4.78 is 35.0. The molecule has 0 saturated heterocycles.